The molecule has 0 aliphatic carbocycles. The van der Waals surface area contributed by atoms with E-state index in [4.69, 9.17) is 4.74 Å². The maximum Gasteiger partial charge on any atom is 0.268 e. The first kappa shape index (κ1) is 21.0. The molecule has 0 radical (unpaired) electrons. The van der Waals surface area contributed by atoms with Gasteiger partial charge in [0.15, 0.2) is 6.61 Å². The molecule has 0 aliphatic heterocycles. The molecule has 2 amide bonds. The van der Waals surface area contributed by atoms with Crippen LogP contribution in [0.1, 0.15) is 42.4 Å². The van der Waals surface area contributed by atoms with Crippen LogP contribution in [0.15, 0.2) is 41.0 Å². The number of benzene rings is 1. The first-order valence-corrected chi connectivity index (χ1v) is 9.75. The number of halogens is 1. The third-order valence-corrected chi connectivity index (χ3v) is 4.73. The number of ether oxygens (including phenoxy) is 1. The maximum atomic E-state index is 12.8. The molecular formula is C20H26BrN3O3. The minimum absolute atomic E-state index is 0.0416. The second-order valence-electron chi connectivity index (χ2n) is 6.38. The van der Waals surface area contributed by atoms with Crippen molar-refractivity contribution < 1.29 is 14.3 Å². The average Bonchev–Trinajstić information content (AvgIpc) is 3.05. The van der Waals surface area contributed by atoms with Gasteiger partial charge in [0, 0.05) is 36.9 Å². The van der Waals surface area contributed by atoms with Crippen molar-refractivity contribution in [3.63, 3.8) is 0 Å². The summed E-state index contributed by atoms with van der Waals surface area (Å²) in [4.78, 5) is 26.1. The molecule has 1 N–H and O–H groups in total. The third kappa shape index (κ3) is 5.35. The Bertz CT molecular complexity index is 802. The highest BCUT2D eigenvalue weighted by Gasteiger charge is 2.20. The zero-order chi connectivity index (χ0) is 20.0. The first-order chi connectivity index (χ1) is 12.9. The first-order valence-electron chi connectivity index (χ1n) is 8.95. The van der Waals surface area contributed by atoms with Crippen molar-refractivity contribution >= 4 is 27.7 Å². The van der Waals surface area contributed by atoms with Crippen molar-refractivity contribution in [3.8, 4) is 5.75 Å². The molecule has 2 rings (SSSR count). The van der Waals surface area contributed by atoms with E-state index >= 15 is 0 Å². The Kier molecular flexibility index (Phi) is 7.47. The maximum absolute atomic E-state index is 12.8. The molecule has 0 saturated carbocycles. The van der Waals surface area contributed by atoms with Gasteiger partial charge in [-0.15, -0.1) is 0 Å². The van der Waals surface area contributed by atoms with Crippen LogP contribution in [0.25, 0.3) is 0 Å². The van der Waals surface area contributed by atoms with Crippen LogP contribution in [0.2, 0.25) is 0 Å². The van der Waals surface area contributed by atoms with Crippen molar-refractivity contribution in [2.75, 3.05) is 20.7 Å². The van der Waals surface area contributed by atoms with E-state index in [2.05, 4.69) is 21.2 Å². The Hall–Kier alpha value is -2.28. The topological polar surface area (TPSA) is 63.6 Å². The van der Waals surface area contributed by atoms with Crippen LogP contribution >= 0.6 is 15.9 Å². The van der Waals surface area contributed by atoms with Gasteiger partial charge in [-0.3, -0.25) is 9.59 Å². The highest BCUT2D eigenvalue weighted by atomic mass is 79.9. The highest BCUT2D eigenvalue weighted by Crippen LogP contribution is 2.28. The van der Waals surface area contributed by atoms with Crippen LogP contribution in [0.5, 0.6) is 5.75 Å². The fourth-order valence-corrected chi connectivity index (χ4v) is 3.19. The van der Waals surface area contributed by atoms with Gasteiger partial charge in [0.25, 0.3) is 11.8 Å². The summed E-state index contributed by atoms with van der Waals surface area (Å²) in [7, 11) is 3.38. The Balaban J connectivity index is 2.19. The van der Waals surface area contributed by atoms with E-state index in [0.717, 1.165) is 10.0 Å². The van der Waals surface area contributed by atoms with Crippen molar-refractivity contribution in [1.29, 1.82) is 0 Å². The molecule has 0 fully saturated rings. The molecule has 0 aliphatic rings. The van der Waals surface area contributed by atoms with E-state index in [1.54, 1.807) is 14.1 Å². The van der Waals surface area contributed by atoms with Crippen molar-refractivity contribution in [1.82, 2.24) is 14.8 Å². The van der Waals surface area contributed by atoms with Gasteiger partial charge in [0.2, 0.25) is 0 Å². The normalized spacial score (nSPS) is 11.7. The molecule has 146 valence electrons. The lowest BCUT2D eigenvalue weighted by atomic mass is 10.0. The molecule has 1 atom stereocenters. The molecule has 0 bridgehead atoms. The summed E-state index contributed by atoms with van der Waals surface area (Å²) >= 11 is 3.42. The molecule has 7 heteroatoms. The van der Waals surface area contributed by atoms with Gasteiger partial charge >= 0.3 is 0 Å². The molecule has 27 heavy (non-hydrogen) atoms. The van der Waals surface area contributed by atoms with E-state index in [-0.39, 0.29) is 24.5 Å². The van der Waals surface area contributed by atoms with Crippen molar-refractivity contribution in [3.05, 3.63) is 52.3 Å². The molecule has 2 aromatic rings. The molecular weight excluding hydrogens is 410 g/mol. The summed E-state index contributed by atoms with van der Waals surface area (Å²) in [5.74, 6) is 0.341. The molecule has 6 nitrogen and oxygen atoms in total. The smallest absolute Gasteiger partial charge is 0.268 e. The summed E-state index contributed by atoms with van der Waals surface area (Å²) in [6.07, 6.45) is 2.58. The number of aromatic nitrogens is 1. The number of aryl methyl sites for hydroxylation is 1. The number of carbonyl (C=O) groups is 2. The second kappa shape index (κ2) is 9.60. The number of nitrogens with one attached hydrogen (secondary N) is 1. The summed E-state index contributed by atoms with van der Waals surface area (Å²) in [5.41, 5.74) is 1.46. The predicted octanol–water partition coefficient (Wildman–Crippen LogP) is 3.62. The van der Waals surface area contributed by atoms with Gasteiger partial charge < -0.3 is 19.5 Å². The fourth-order valence-electron chi connectivity index (χ4n) is 2.73. The summed E-state index contributed by atoms with van der Waals surface area (Å²) in [6, 6.07) is 9.08. The molecule has 0 saturated heterocycles. The van der Waals surface area contributed by atoms with E-state index in [1.165, 1.54) is 4.90 Å². The lowest BCUT2D eigenvalue weighted by Gasteiger charge is -2.21. The largest absolute Gasteiger partial charge is 0.483 e. The van der Waals surface area contributed by atoms with Crippen LogP contribution in [-0.2, 0) is 11.3 Å². The van der Waals surface area contributed by atoms with Crippen molar-refractivity contribution in [2.45, 2.75) is 32.9 Å². The summed E-state index contributed by atoms with van der Waals surface area (Å²) < 4.78 is 8.49. The average molecular weight is 436 g/mol. The standard InChI is InChI=1S/C20H26BrN3O3/c1-5-16(22-20(26)17-11-14(21)12-24(17)6-2)15-9-7-8-10-18(15)27-13-19(25)23(3)4/h7-12,16H,5-6,13H2,1-4H3,(H,22,26). The fraction of sp³-hybridized carbons (Fsp3) is 0.400. The van der Waals surface area contributed by atoms with E-state index in [1.807, 2.05) is 54.9 Å². The number of nitrogens with zero attached hydrogens (tertiary/aromatic N) is 2. The van der Waals surface area contributed by atoms with Gasteiger partial charge in [-0.2, -0.15) is 0 Å². The highest BCUT2D eigenvalue weighted by molar-refractivity contribution is 9.10. The van der Waals surface area contributed by atoms with Gasteiger partial charge in [0.1, 0.15) is 11.4 Å². The van der Waals surface area contributed by atoms with E-state index < -0.39 is 0 Å². The third-order valence-electron chi connectivity index (χ3n) is 4.29. The zero-order valence-electron chi connectivity index (χ0n) is 16.2. The molecule has 1 aromatic carbocycles. The Morgan fingerprint density at radius 2 is 1.96 bits per heavy atom. The number of para-hydroxylation sites is 1. The monoisotopic (exact) mass is 435 g/mol. The number of amides is 2. The lowest BCUT2D eigenvalue weighted by molar-refractivity contribution is -0.130. The Morgan fingerprint density at radius 3 is 2.59 bits per heavy atom. The van der Waals surface area contributed by atoms with Crippen molar-refractivity contribution in [2.24, 2.45) is 0 Å². The van der Waals surface area contributed by atoms with E-state index in [0.29, 0.717) is 24.4 Å². The van der Waals surface area contributed by atoms with Gasteiger partial charge in [-0.25, -0.2) is 0 Å². The number of hydrogen-bond donors (Lipinski definition) is 1. The van der Waals surface area contributed by atoms with Gasteiger partial charge in [-0.1, -0.05) is 25.1 Å². The summed E-state index contributed by atoms with van der Waals surface area (Å²) in [5, 5.41) is 3.08. The molecule has 0 spiro atoms. The van der Waals surface area contributed by atoms with Crippen LogP contribution in [0.3, 0.4) is 0 Å². The summed E-state index contributed by atoms with van der Waals surface area (Å²) in [6.45, 7) is 4.66. The molecule has 1 heterocycles. The zero-order valence-corrected chi connectivity index (χ0v) is 17.7. The van der Waals surface area contributed by atoms with Gasteiger partial charge in [0.05, 0.1) is 6.04 Å². The van der Waals surface area contributed by atoms with Crippen LogP contribution in [-0.4, -0.2) is 42.0 Å². The number of hydrogen-bond acceptors (Lipinski definition) is 3. The quantitative estimate of drug-likeness (QED) is 0.688. The van der Waals surface area contributed by atoms with E-state index in [9.17, 15) is 9.59 Å². The number of carbonyl (C=O) groups excluding carboxylic acids is 2. The number of likely N-dealkylation sites (N-methyl/N-ethyl adjacent to an activating group) is 1. The Labute approximate surface area is 168 Å². The minimum atomic E-state index is -0.220. The predicted molar refractivity (Wildman–Crippen MR) is 109 cm³/mol. The minimum Gasteiger partial charge on any atom is -0.483 e. The van der Waals surface area contributed by atoms with Crippen LogP contribution < -0.4 is 10.1 Å². The second-order valence-corrected chi connectivity index (χ2v) is 7.29. The Morgan fingerprint density at radius 1 is 1.26 bits per heavy atom. The van der Waals surface area contributed by atoms with Crippen LogP contribution in [0, 0.1) is 0 Å². The SMILES string of the molecule is CCC(NC(=O)c1cc(Br)cn1CC)c1ccccc1OCC(=O)N(C)C. The lowest BCUT2D eigenvalue weighted by Crippen LogP contribution is -2.31. The van der Waals surface area contributed by atoms with Gasteiger partial charge in [-0.05, 0) is 41.4 Å². The van der Waals surface area contributed by atoms with Crippen LogP contribution in [0.4, 0.5) is 0 Å². The molecule has 1 aromatic heterocycles. The number of rotatable bonds is 8. The molecule has 1 unspecified atom stereocenters.